The molecule has 0 spiro atoms. The van der Waals surface area contributed by atoms with E-state index in [2.05, 4.69) is 50.8 Å². The van der Waals surface area contributed by atoms with Gasteiger partial charge in [-0.2, -0.15) is 5.10 Å². The molecule has 1 aromatic carbocycles. The molecule has 1 aromatic rings. The lowest BCUT2D eigenvalue weighted by molar-refractivity contribution is -0.122. The van der Waals surface area contributed by atoms with Gasteiger partial charge < -0.3 is 0 Å². The number of nitrogens with zero attached hydrogens (tertiary/aromatic N) is 1. The van der Waals surface area contributed by atoms with E-state index in [-0.39, 0.29) is 11.8 Å². The van der Waals surface area contributed by atoms with Gasteiger partial charge in [0.05, 0.1) is 6.21 Å². The van der Waals surface area contributed by atoms with Gasteiger partial charge in [-0.05, 0) is 56.4 Å². The summed E-state index contributed by atoms with van der Waals surface area (Å²) >= 11 is 3.48. The molecule has 0 bridgehead atoms. The molecule has 0 aromatic heterocycles. The number of rotatable bonds is 3. The normalized spacial score (nSPS) is 29.1. The van der Waals surface area contributed by atoms with Crippen molar-refractivity contribution in [2.45, 2.75) is 38.5 Å². The van der Waals surface area contributed by atoms with Gasteiger partial charge in [-0.15, -0.1) is 0 Å². The van der Waals surface area contributed by atoms with Crippen LogP contribution in [0.2, 0.25) is 0 Å². The van der Waals surface area contributed by atoms with Crippen LogP contribution in [0.1, 0.15) is 44.1 Å². The minimum Gasteiger partial charge on any atom is -0.273 e. The molecule has 0 radical (unpaired) electrons. The number of allylic oxidation sites excluding steroid dienone is 4. The zero-order valence-corrected chi connectivity index (χ0v) is 16.0. The predicted molar refractivity (Wildman–Crippen MR) is 106 cm³/mol. The van der Waals surface area contributed by atoms with E-state index in [4.69, 9.17) is 0 Å². The number of carbonyl (C=O) groups is 1. The van der Waals surface area contributed by atoms with Crippen molar-refractivity contribution in [2.75, 3.05) is 0 Å². The van der Waals surface area contributed by atoms with Crippen molar-refractivity contribution < 1.29 is 4.79 Å². The van der Waals surface area contributed by atoms with Crippen molar-refractivity contribution in [1.82, 2.24) is 5.43 Å². The SMILES string of the molecule is O=C(N/N=C\c1ccccc1Br)C1[C@H]2CC/C=C\CC/C=C/CC[C@@H]12. The summed E-state index contributed by atoms with van der Waals surface area (Å²) < 4.78 is 0.972. The lowest BCUT2D eigenvalue weighted by Gasteiger charge is -2.00. The Kier molecular flexibility index (Phi) is 6.62. The fourth-order valence-electron chi connectivity index (χ4n) is 3.68. The maximum atomic E-state index is 12.5. The Morgan fingerprint density at radius 3 is 2.24 bits per heavy atom. The molecule has 3 atom stereocenters. The summed E-state index contributed by atoms with van der Waals surface area (Å²) in [6.45, 7) is 0. The second kappa shape index (κ2) is 9.14. The molecule has 1 N–H and O–H groups in total. The molecule has 3 rings (SSSR count). The van der Waals surface area contributed by atoms with Gasteiger partial charge in [0.25, 0.3) is 0 Å². The second-order valence-electron chi connectivity index (χ2n) is 6.78. The highest BCUT2D eigenvalue weighted by atomic mass is 79.9. The van der Waals surface area contributed by atoms with Crippen LogP contribution in [0.5, 0.6) is 0 Å². The summed E-state index contributed by atoms with van der Waals surface area (Å²) in [7, 11) is 0. The summed E-state index contributed by atoms with van der Waals surface area (Å²) in [6, 6.07) is 7.83. The Bertz CT molecular complexity index is 656. The first kappa shape index (κ1) is 18.1. The highest BCUT2D eigenvalue weighted by Crippen LogP contribution is 2.52. The number of amides is 1. The minimum atomic E-state index is 0.0705. The number of hydrogen-bond acceptors (Lipinski definition) is 2. The zero-order chi connectivity index (χ0) is 17.5. The molecule has 1 unspecified atom stereocenters. The number of nitrogens with one attached hydrogen (secondary N) is 1. The third-order valence-corrected chi connectivity index (χ3v) is 5.81. The van der Waals surface area contributed by atoms with E-state index in [0.717, 1.165) is 48.6 Å². The number of halogens is 1. The molecule has 1 saturated carbocycles. The van der Waals surface area contributed by atoms with Crippen LogP contribution in [0.25, 0.3) is 0 Å². The summed E-state index contributed by atoms with van der Waals surface area (Å²) in [5.41, 5.74) is 3.71. The standard InChI is InChI=1S/C21H25BrN2O/c22-19-14-10-9-11-16(19)15-23-24-21(25)20-17-12-7-5-3-1-2-4-6-8-13-18(17)20/h3-6,9-11,14-15,17-18,20H,1-2,7-8,12-13H2,(H,24,25)/b5-3-,6-4+,23-15-/t17-,18+,20?/m0/s1. The van der Waals surface area contributed by atoms with Gasteiger partial charge in [0.15, 0.2) is 0 Å². The van der Waals surface area contributed by atoms with Gasteiger partial charge in [-0.1, -0.05) is 58.4 Å². The number of carbonyl (C=O) groups excluding carboxylic acids is 1. The number of benzene rings is 1. The average molecular weight is 401 g/mol. The van der Waals surface area contributed by atoms with E-state index in [1.54, 1.807) is 6.21 Å². The molecule has 4 heteroatoms. The van der Waals surface area contributed by atoms with Crippen molar-refractivity contribution in [3.05, 3.63) is 58.6 Å². The molecular weight excluding hydrogens is 376 g/mol. The van der Waals surface area contributed by atoms with Crippen molar-refractivity contribution >= 4 is 28.1 Å². The number of hydrogen-bond donors (Lipinski definition) is 1. The first-order valence-corrected chi connectivity index (χ1v) is 9.94. The molecular formula is C21H25BrN2O. The molecule has 0 aliphatic heterocycles. The first-order chi connectivity index (χ1) is 12.3. The average Bonchev–Trinajstić information content (AvgIpc) is 3.29. The Hall–Kier alpha value is -1.68. The molecule has 2 aliphatic rings. The minimum absolute atomic E-state index is 0.0705. The highest BCUT2D eigenvalue weighted by molar-refractivity contribution is 9.10. The van der Waals surface area contributed by atoms with Gasteiger partial charge in [0, 0.05) is 16.0 Å². The van der Waals surface area contributed by atoms with Crippen LogP contribution >= 0.6 is 15.9 Å². The Morgan fingerprint density at radius 1 is 1.00 bits per heavy atom. The van der Waals surface area contributed by atoms with Crippen LogP contribution in [0.3, 0.4) is 0 Å². The van der Waals surface area contributed by atoms with Crippen LogP contribution in [0.15, 0.2) is 58.1 Å². The fourth-order valence-corrected chi connectivity index (χ4v) is 4.07. The molecule has 0 saturated heterocycles. The lowest BCUT2D eigenvalue weighted by Crippen LogP contribution is -2.21. The van der Waals surface area contributed by atoms with E-state index in [0.29, 0.717) is 11.8 Å². The second-order valence-corrected chi connectivity index (χ2v) is 7.64. The third kappa shape index (κ3) is 5.15. The number of fused-ring (bicyclic) bond motifs is 1. The summed E-state index contributed by atoms with van der Waals surface area (Å²) in [6.07, 6.45) is 17.4. The van der Waals surface area contributed by atoms with Gasteiger partial charge in [-0.25, -0.2) is 5.43 Å². The summed E-state index contributed by atoms with van der Waals surface area (Å²) in [4.78, 5) is 12.5. The van der Waals surface area contributed by atoms with Crippen molar-refractivity contribution in [2.24, 2.45) is 22.9 Å². The van der Waals surface area contributed by atoms with Gasteiger partial charge in [0.1, 0.15) is 0 Å². The smallest absolute Gasteiger partial charge is 0.243 e. The number of hydrazone groups is 1. The van der Waals surface area contributed by atoms with E-state index < -0.39 is 0 Å². The van der Waals surface area contributed by atoms with Gasteiger partial charge in [-0.3, -0.25) is 4.79 Å². The van der Waals surface area contributed by atoms with Crippen LogP contribution < -0.4 is 5.43 Å². The highest BCUT2D eigenvalue weighted by Gasteiger charge is 2.52. The van der Waals surface area contributed by atoms with Crippen molar-refractivity contribution in [1.29, 1.82) is 0 Å². The van der Waals surface area contributed by atoms with Gasteiger partial charge >= 0.3 is 0 Å². The molecule has 132 valence electrons. The molecule has 2 aliphatic carbocycles. The third-order valence-electron chi connectivity index (χ3n) is 5.08. The topological polar surface area (TPSA) is 41.5 Å². The molecule has 0 heterocycles. The fraction of sp³-hybridized carbons (Fsp3) is 0.429. The Labute approximate surface area is 158 Å². The van der Waals surface area contributed by atoms with Crippen LogP contribution in [0, 0.1) is 17.8 Å². The Morgan fingerprint density at radius 2 is 1.60 bits per heavy atom. The Balaban J connectivity index is 1.55. The molecule has 25 heavy (non-hydrogen) atoms. The largest absolute Gasteiger partial charge is 0.273 e. The lowest BCUT2D eigenvalue weighted by atomic mass is 10.1. The molecule has 1 fully saturated rings. The molecule has 3 nitrogen and oxygen atoms in total. The van der Waals surface area contributed by atoms with E-state index in [1.165, 1.54) is 0 Å². The zero-order valence-electron chi connectivity index (χ0n) is 14.4. The van der Waals surface area contributed by atoms with E-state index in [9.17, 15) is 4.79 Å². The predicted octanol–water partition coefficient (Wildman–Crippen LogP) is 5.23. The van der Waals surface area contributed by atoms with Crippen LogP contribution in [-0.4, -0.2) is 12.1 Å². The summed E-state index contributed by atoms with van der Waals surface area (Å²) in [5.74, 6) is 1.22. The quantitative estimate of drug-likeness (QED) is 0.421. The van der Waals surface area contributed by atoms with Crippen molar-refractivity contribution in [3.63, 3.8) is 0 Å². The van der Waals surface area contributed by atoms with Crippen LogP contribution in [0.4, 0.5) is 0 Å². The maximum absolute atomic E-state index is 12.5. The first-order valence-electron chi connectivity index (χ1n) is 9.15. The summed E-state index contributed by atoms with van der Waals surface area (Å²) in [5, 5.41) is 4.15. The van der Waals surface area contributed by atoms with Gasteiger partial charge in [0.2, 0.25) is 5.91 Å². The van der Waals surface area contributed by atoms with E-state index >= 15 is 0 Å². The maximum Gasteiger partial charge on any atom is 0.243 e. The monoisotopic (exact) mass is 400 g/mol. The van der Waals surface area contributed by atoms with E-state index in [1.807, 2.05) is 24.3 Å². The molecule has 1 amide bonds. The van der Waals surface area contributed by atoms with Crippen LogP contribution in [-0.2, 0) is 4.79 Å². The van der Waals surface area contributed by atoms with Crippen molar-refractivity contribution in [3.8, 4) is 0 Å².